The quantitative estimate of drug-likeness (QED) is 0.0906. The Labute approximate surface area is 356 Å². The van der Waals surface area contributed by atoms with Crippen LogP contribution in [0.4, 0.5) is 4.79 Å². The first-order valence-electron chi connectivity index (χ1n) is 22.1. The molecule has 0 bridgehead atoms. The molecule has 0 aromatic heterocycles. The maximum absolute atomic E-state index is 13.4. The summed E-state index contributed by atoms with van der Waals surface area (Å²) >= 11 is 0. The highest BCUT2D eigenvalue weighted by atomic mass is 16.8. The molecule has 4 aliphatic carbocycles. The molecule has 61 heavy (non-hydrogen) atoms. The number of aliphatic hydroxyl groups is 6. The first kappa shape index (κ1) is 44.8. The number of para-hydroxylation sites is 1. The number of rotatable bonds is 9. The molecule has 21 atom stereocenters. The summed E-state index contributed by atoms with van der Waals surface area (Å²) in [4.78, 5) is 25.9. The van der Waals surface area contributed by atoms with Crippen LogP contribution < -0.4 is 4.74 Å². The summed E-state index contributed by atoms with van der Waals surface area (Å²) in [5, 5.41) is 65.6. The summed E-state index contributed by atoms with van der Waals surface area (Å²) in [5.41, 5.74) is 1.72. The van der Waals surface area contributed by atoms with E-state index in [9.17, 15) is 40.2 Å². The Kier molecular flexibility index (Phi) is 13.0. The number of benzene rings is 1. The minimum Gasteiger partial charge on any atom is -0.425 e. The fourth-order valence-corrected chi connectivity index (χ4v) is 12.7. The molecular weight excluding hydrogens is 792 g/mol. The van der Waals surface area contributed by atoms with Crippen molar-refractivity contribution in [3.05, 3.63) is 53.6 Å². The van der Waals surface area contributed by atoms with Gasteiger partial charge in [0.2, 0.25) is 0 Å². The van der Waals surface area contributed by atoms with Gasteiger partial charge in [0.1, 0.15) is 48.7 Å². The van der Waals surface area contributed by atoms with Gasteiger partial charge in [0.05, 0.1) is 24.9 Å². The van der Waals surface area contributed by atoms with E-state index < -0.39 is 92.0 Å². The van der Waals surface area contributed by atoms with Crippen molar-refractivity contribution in [2.45, 2.75) is 159 Å². The second-order valence-electron chi connectivity index (χ2n) is 19.3. The van der Waals surface area contributed by atoms with Crippen molar-refractivity contribution >= 4 is 12.4 Å². The molecule has 3 saturated heterocycles. The van der Waals surface area contributed by atoms with Crippen LogP contribution in [0.25, 0.3) is 0 Å². The van der Waals surface area contributed by atoms with Crippen molar-refractivity contribution in [1.82, 2.24) is 0 Å². The van der Waals surface area contributed by atoms with Crippen LogP contribution in [0.5, 0.6) is 5.75 Å². The molecular formula is C46H64O15. The van der Waals surface area contributed by atoms with Crippen LogP contribution in [0.1, 0.15) is 79.6 Å². The Balaban J connectivity index is 0.949. The lowest BCUT2D eigenvalue weighted by Gasteiger charge is -2.58. The predicted molar refractivity (Wildman–Crippen MR) is 215 cm³/mol. The zero-order chi connectivity index (χ0) is 43.5. The van der Waals surface area contributed by atoms with Crippen LogP contribution in [0.2, 0.25) is 0 Å². The monoisotopic (exact) mass is 856 g/mol. The van der Waals surface area contributed by atoms with Crippen LogP contribution in [0.3, 0.4) is 0 Å². The molecule has 338 valence electrons. The predicted octanol–water partition coefficient (Wildman–Crippen LogP) is 3.55. The van der Waals surface area contributed by atoms with E-state index in [0.29, 0.717) is 18.8 Å². The number of ether oxygens (including phenoxy) is 7. The van der Waals surface area contributed by atoms with E-state index in [2.05, 4.69) is 26.0 Å². The summed E-state index contributed by atoms with van der Waals surface area (Å²) in [6.45, 7) is 9.45. The third-order valence-electron chi connectivity index (χ3n) is 15.7. The van der Waals surface area contributed by atoms with Gasteiger partial charge in [-0.3, -0.25) is 0 Å². The van der Waals surface area contributed by atoms with Crippen molar-refractivity contribution in [3.8, 4) is 5.75 Å². The summed E-state index contributed by atoms with van der Waals surface area (Å²) in [5.74, 6) is 0.948. The molecule has 6 N–H and O–H groups in total. The SMILES string of the molecule is CC(C)=C[C@@H]1[C@@H](C)[C@H]2C(C[C@H]3[C@@H]4CC=C5CC(OC6OC(CO)C(O)C(O)C6OC6OC(C)C(OC(=O)Oc7ccccc7)C(O)C6O)CC[C@]5(C)[C@H]4CC[C@]23C=O)O[C@H]1O. The van der Waals surface area contributed by atoms with E-state index in [1.807, 2.05) is 13.8 Å². The number of allylic oxidation sites excluding steroid dienone is 2. The summed E-state index contributed by atoms with van der Waals surface area (Å²) < 4.78 is 41.4. The molecule has 8 rings (SSSR count). The lowest BCUT2D eigenvalue weighted by Crippen LogP contribution is -2.64. The van der Waals surface area contributed by atoms with Gasteiger partial charge in [-0.15, -0.1) is 0 Å². The third-order valence-corrected chi connectivity index (χ3v) is 15.7. The molecule has 7 aliphatic rings. The third kappa shape index (κ3) is 8.04. The Bertz CT molecular complexity index is 1790. The van der Waals surface area contributed by atoms with Gasteiger partial charge < -0.3 is 68.6 Å². The maximum Gasteiger partial charge on any atom is 0.514 e. The molecule has 3 aliphatic heterocycles. The number of fused-ring (bicyclic) bond motifs is 7. The second-order valence-corrected chi connectivity index (χ2v) is 19.3. The largest absolute Gasteiger partial charge is 0.514 e. The van der Waals surface area contributed by atoms with E-state index >= 15 is 0 Å². The van der Waals surface area contributed by atoms with Crippen molar-refractivity contribution < 1.29 is 73.4 Å². The lowest BCUT2D eigenvalue weighted by atomic mass is 9.46. The summed E-state index contributed by atoms with van der Waals surface area (Å²) in [6.07, 6.45) is -6.17. The summed E-state index contributed by atoms with van der Waals surface area (Å²) in [7, 11) is 0. The van der Waals surface area contributed by atoms with E-state index in [1.54, 1.807) is 30.3 Å². The fraction of sp³-hybridized carbons (Fsp3) is 0.739. The molecule has 15 nitrogen and oxygen atoms in total. The highest BCUT2D eigenvalue weighted by molar-refractivity contribution is 5.64. The van der Waals surface area contributed by atoms with Crippen molar-refractivity contribution in [3.63, 3.8) is 0 Å². The van der Waals surface area contributed by atoms with Gasteiger partial charge in [-0.1, -0.05) is 55.3 Å². The van der Waals surface area contributed by atoms with Gasteiger partial charge in [-0.05, 0) is 107 Å². The van der Waals surface area contributed by atoms with Gasteiger partial charge in [0.15, 0.2) is 25.0 Å². The number of aliphatic hydroxyl groups excluding tert-OH is 6. The average Bonchev–Trinajstić information content (AvgIpc) is 3.57. The Morgan fingerprint density at radius 2 is 1.62 bits per heavy atom. The molecule has 0 amide bonds. The fourth-order valence-electron chi connectivity index (χ4n) is 12.7. The van der Waals surface area contributed by atoms with Crippen LogP contribution in [-0.4, -0.2) is 130 Å². The zero-order valence-corrected chi connectivity index (χ0v) is 35.6. The Morgan fingerprint density at radius 1 is 0.885 bits per heavy atom. The van der Waals surface area contributed by atoms with E-state index in [0.717, 1.165) is 37.7 Å². The van der Waals surface area contributed by atoms with Gasteiger partial charge in [0.25, 0.3) is 0 Å². The number of hydrogen-bond acceptors (Lipinski definition) is 15. The molecule has 3 saturated carbocycles. The summed E-state index contributed by atoms with van der Waals surface area (Å²) in [6, 6.07) is 8.20. The maximum atomic E-state index is 13.4. The molecule has 0 radical (unpaired) electrons. The van der Waals surface area contributed by atoms with Crippen LogP contribution in [-0.2, 0) is 33.2 Å². The van der Waals surface area contributed by atoms with Crippen molar-refractivity contribution in [1.29, 1.82) is 0 Å². The highest BCUT2D eigenvalue weighted by Crippen LogP contribution is 2.68. The van der Waals surface area contributed by atoms with Crippen LogP contribution in [0.15, 0.2) is 53.6 Å². The van der Waals surface area contributed by atoms with Gasteiger partial charge in [-0.25, -0.2) is 4.79 Å². The second kappa shape index (κ2) is 17.6. The average molecular weight is 857 g/mol. The first-order chi connectivity index (χ1) is 29.1. The highest BCUT2D eigenvalue weighted by Gasteiger charge is 2.66. The molecule has 12 unspecified atom stereocenters. The van der Waals surface area contributed by atoms with E-state index in [-0.39, 0.29) is 46.9 Å². The number of carbonyl (C=O) groups excluding carboxylic acids is 2. The van der Waals surface area contributed by atoms with Crippen LogP contribution >= 0.6 is 0 Å². The molecule has 1 aromatic rings. The topological polar surface area (TPSA) is 220 Å². The smallest absolute Gasteiger partial charge is 0.425 e. The number of aldehydes is 1. The molecule has 0 spiro atoms. The molecule has 1 aromatic carbocycles. The van der Waals surface area contributed by atoms with Gasteiger partial charge in [0, 0.05) is 17.3 Å². The Morgan fingerprint density at radius 3 is 2.33 bits per heavy atom. The molecule has 15 heteroatoms. The minimum absolute atomic E-state index is 0.0367. The molecule has 6 fully saturated rings. The lowest BCUT2D eigenvalue weighted by molar-refractivity contribution is -0.369. The normalized spacial score (nSPS) is 48.0. The van der Waals surface area contributed by atoms with Crippen molar-refractivity contribution in [2.75, 3.05) is 6.61 Å². The Hall–Kier alpha value is -2.80. The standard InChI is InChI=1S/C46H64O15/c1-22(2)17-29-23(3)34-32(58-41(29)53)19-31-28-12-11-25-18-27(13-15-45(25,5)30(28)14-16-46(31,34)21-48)56-43-40(36(50)35(49)33(20-47)59-43)60-42-38(52)37(51)39(24(4)55-42)61-44(54)57-26-9-7-6-8-10-26/h6-11,17,21,23-24,27-43,47,49-53H,12-16,18-20H2,1-5H3/t23-,24?,27?,28-,29-,30+,31+,32?,33?,34+,35?,36?,37?,38?,39?,40?,41-,42?,43?,45+,46-/m1/s1. The zero-order valence-electron chi connectivity index (χ0n) is 35.6. The van der Waals surface area contributed by atoms with Crippen LogP contribution in [0, 0.1) is 46.3 Å². The van der Waals surface area contributed by atoms with Gasteiger partial charge >= 0.3 is 6.16 Å². The van der Waals surface area contributed by atoms with E-state index in [1.165, 1.54) is 18.8 Å². The first-order valence-corrected chi connectivity index (χ1v) is 22.1. The van der Waals surface area contributed by atoms with Gasteiger partial charge in [-0.2, -0.15) is 0 Å². The minimum atomic E-state index is -1.77. The van der Waals surface area contributed by atoms with E-state index in [4.69, 9.17) is 33.2 Å². The number of carbonyl (C=O) groups is 2. The van der Waals surface area contributed by atoms with Crippen molar-refractivity contribution in [2.24, 2.45) is 46.3 Å². The molecule has 3 heterocycles. The number of hydrogen-bond donors (Lipinski definition) is 6.